The molecule has 0 rings (SSSR count). The second kappa shape index (κ2) is 15.8. The molecule has 0 amide bonds. The molecule has 172 valence electrons. The number of hydrogen-bond acceptors (Lipinski definition) is 12. The lowest BCUT2D eigenvalue weighted by Gasteiger charge is -2.21. The van der Waals surface area contributed by atoms with Crippen LogP contribution in [0.4, 0.5) is 9.59 Å². The Morgan fingerprint density at radius 2 is 1.28 bits per heavy atom. The number of rotatable bonds is 15. The number of carbonyl (C=O) groups is 2. The van der Waals surface area contributed by atoms with Gasteiger partial charge in [-0.2, -0.15) is 0 Å². The summed E-state index contributed by atoms with van der Waals surface area (Å²) in [6, 6.07) is 0. The van der Waals surface area contributed by atoms with E-state index >= 15 is 0 Å². The smallest absolute Gasteiger partial charge is 0.432 e. The van der Waals surface area contributed by atoms with Gasteiger partial charge in [0.15, 0.2) is 0 Å². The van der Waals surface area contributed by atoms with Crippen LogP contribution in [0.2, 0.25) is 0 Å². The van der Waals surface area contributed by atoms with Crippen LogP contribution in [0.15, 0.2) is 0 Å². The number of nitrogens with one attached hydrogen (secondary N) is 2. The van der Waals surface area contributed by atoms with E-state index in [-0.39, 0.29) is 18.1 Å². The van der Waals surface area contributed by atoms with Gasteiger partial charge in [-0.05, 0) is 72.2 Å². The van der Waals surface area contributed by atoms with Crippen LogP contribution in [0.5, 0.6) is 0 Å². The van der Waals surface area contributed by atoms with Crippen LogP contribution in [0, 0.1) is 5.92 Å². The molecule has 0 aromatic rings. The van der Waals surface area contributed by atoms with Crippen molar-refractivity contribution in [3.05, 3.63) is 0 Å². The van der Waals surface area contributed by atoms with Gasteiger partial charge in [-0.3, -0.25) is 9.05 Å². The Bertz CT molecular complexity index is 485. The first kappa shape index (κ1) is 28.0. The predicted molar refractivity (Wildman–Crippen MR) is 109 cm³/mol. The Labute approximate surface area is 176 Å². The maximum atomic E-state index is 12.9. The largest absolute Gasteiger partial charge is 0.510 e. The van der Waals surface area contributed by atoms with Crippen molar-refractivity contribution in [3.8, 4) is 0 Å². The van der Waals surface area contributed by atoms with Crippen molar-refractivity contribution in [2.45, 2.75) is 39.9 Å². The zero-order chi connectivity index (χ0) is 22.3. The van der Waals surface area contributed by atoms with E-state index in [2.05, 4.69) is 10.6 Å². The van der Waals surface area contributed by atoms with Gasteiger partial charge < -0.3 is 29.6 Å². The van der Waals surface area contributed by atoms with Gasteiger partial charge in [-0.15, -0.1) is 0 Å². The fraction of sp³-hybridized carbons (Fsp3) is 0.875. The summed E-state index contributed by atoms with van der Waals surface area (Å²) in [5, 5.41) is 6.09. The minimum Gasteiger partial charge on any atom is -0.432 e. The molecule has 0 bridgehead atoms. The van der Waals surface area contributed by atoms with Gasteiger partial charge in [-0.25, -0.2) is 14.2 Å². The van der Waals surface area contributed by atoms with Crippen LogP contribution in [0.25, 0.3) is 0 Å². The fourth-order valence-corrected chi connectivity index (χ4v) is 4.91. The molecular weight excluding hydrogens is 427 g/mol. The van der Waals surface area contributed by atoms with Crippen LogP contribution in [0.3, 0.4) is 0 Å². The highest BCUT2D eigenvalue weighted by Crippen LogP contribution is 2.61. The molecule has 29 heavy (non-hydrogen) atoms. The molecule has 2 N–H and O–H groups in total. The summed E-state index contributed by atoms with van der Waals surface area (Å²) in [7, 11) is 3.62. The lowest BCUT2D eigenvalue weighted by Crippen LogP contribution is -2.29. The molecule has 0 spiro atoms. The zero-order valence-corrected chi connectivity index (χ0v) is 19.5. The van der Waals surface area contributed by atoms with E-state index in [1.165, 1.54) is 0 Å². The Hall–Kier alpha value is -1.04. The zero-order valence-electron chi connectivity index (χ0n) is 17.8. The summed E-state index contributed by atoms with van der Waals surface area (Å²) < 4.78 is 42.3. The van der Waals surface area contributed by atoms with E-state index in [0.29, 0.717) is 18.8 Å². The average Bonchev–Trinajstić information content (AvgIpc) is 2.59. The van der Waals surface area contributed by atoms with E-state index in [4.69, 9.17) is 28.0 Å². The molecule has 11 nitrogen and oxygen atoms in total. The van der Waals surface area contributed by atoms with Gasteiger partial charge in [-0.1, -0.05) is 0 Å². The van der Waals surface area contributed by atoms with Crippen molar-refractivity contribution < 1.29 is 42.1 Å². The molecule has 0 saturated carbocycles. The Kier molecular flexibility index (Phi) is 15.2. The van der Waals surface area contributed by atoms with Crippen molar-refractivity contribution in [2.24, 2.45) is 5.92 Å². The number of carbonyl (C=O) groups excluding carboxylic acids is 2. The highest BCUT2D eigenvalue weighted by molar-refractivity contribution is 8.55. The van der Waals surface area contributed by atoms with Crippen LogP contribution in [-0.4, -0.2) is 71.0 Å². The summed E-state index contributed by atoms with van der Waals surface area (Å²) in [4.78, 5) is 22.8. The van der Waals surface area contributed by atoms with Crippen LogP contribution >= 0.6 is 18.2 Å². The first-order valence-corrected chi connectivity index (χ1v) is 12.2. The maximum absolute atomic E-state index is 12.9. The summed E-state index contributed by atoms with van der Waals surface area (Å²) in [6.45, 7) is 2.87. The topological polar surface area (TPSA) is 131 Å². The molecule has 0 aliphatic carbocycles. The average molecular weight is 460 g/mol. The van der Waals surface area contributed by atoms with Gasteiger partial charge in [0.25, 0.3) is 0 Å². The van der Waals surface area contributed by atoms with E-state index < -0.39 is 32.7 Å². The molecule has 0 atom stereocenters. The van der Waals surface area contributed by atoms with Crippen molar-refractivity contribution >= 4 is 30.5 Å². The quantitative estimate of drug-likeness (QED) is 0.212. The Morgan fingerprint density at radius 1 is 0.862 bits per heavy atom. The van der Waals surface area contributed by atoms with Gasteiger partial charge in [0, 0.05) is 5.75 Å². The summed E-state index contributed by atoms with van der Waals surface area (Å²) in [5.41, 5.74) is 0. The minimum atomic E-state index is -3.81. The second-order valence-electron chi connectivity index (χ2n) is 6.34. The standard InChI is InChI=1S/C16H33N2O9PS/c1-12(2)26-15(19)22-10-24-28(21,25-11-23-16(20)27-13(3)4)29-9-14(7-17-5)8-18-6/h12-14,17-18H,7-11H2,1-6H3. The monoisotopic (exact) mass is 460 g/mol. The van der Waals surface area contributed by atoms with Crippen molar-refractivity contribution in [1.29, 1.82) is 0 Å². The molecule has 0 radical (unpaired) electrons. The predicted octanol–water partition coefficient (Wildman–Crippen LogP) is 2.95. The third-order valence-electron chi connectivity index (χ3n) is 2.89. The molecule has 0 heterocycles. The molecule has 0 aliphatic heterocycles. The van der Waals surface area contributed by atoms with E-state index in [1.807, 2.05) is 14.1 Å². The van der Waals surface area contributed by atoms with Crippen molar-refractivity contribution in [3.63, 3.8) is 0 Å². The summed E-state index contributed by atoms with van der Waals surface area (Å²) >= 11 is 0.910. The summed E-state index contributed by atoms with van der Waals surface area (Å²) in [5.74, 6) is 0.528. The Balaban J connectivity index is 4.75. The molecular formula is C16H33N2O9PS. The molecule has 0 fully saturated rings. The first-order chi connectivity index (χ1) is 13.6. The van der Waals surface area contributed by atoms with Gasteiger partial charge >= 0.3 is 19.1 Å². The Morgan fingerprint density at radius 3 is 1.62 bits per heavy atom. The molecule has 0 aliphatic rings. The molecule has 0 aromatic heterocycles. The highest BCUT2D eigenvalue weighted by atomic mass is 32.7. The molecule has 0 unspecified atom stereocenters. The number of hydrogen-bond donors (Lipinski definition) is 2. The van der Waals surface area contributed by atoms with E-state index in [0.717, 1.165) is 11.4 Å². The van der Waals surface area contributed by atoms with Crippen molar-refractivity contribution in [1.82, 2.24) is 10.6 Å². The first-order valence-electron chi connectivity index (χ1n) is 9.11. The second-order valence-corrected chi connectivity index (χ2v) is 10.5. The minimum absolute atomic E-state index is 0.120. The van der Waals surface area contributed by atoms with Crippen LogP contribution in [0.1, 0.15) is 27.7 Å². The molecule has 0 saturated heterocycles. The van der Waals surface area contributed by atoms with Crippen LogP contribution < -0.4 is 10.6 Å². The number of ether oxygens (including phenoxy) is 4. The van der Waals surface area contributed by atoms with E-state index in [1.54, 1.807) is 27.7 Å². The lowest BCUT2D eigenvalue weighted by molar-refractivity contribution is -0.0271. The van der Waals surface area contributed by atoms with Crippen LogP contribution in [-0.2, 0) is 32.6 Å². The molecule has 13 heteroatoms. The maximum Gasteiger partial charge on any atom is 0.510 e. The van der Waals surface area contributed by atoms with E-state index in [9.17, 15) is 14.2 Å². The third-order valence-corrected chi connectivity index (χ3v) is 6.70. The summed E-state index contributed by atoms with van der Waals surface area (Å²) in [6.07, 6.45) is -2.67. The highest BCUT2D eigenvalue weighted by Gasteiger charge is 2.29. The lowest BCUT2D eigenvalue weighted by atomic mass is 10.2. The SMILES string of the molecule is CNCC(CNC)CSP(=O)(OCOC(=O)OC(C)C)OCOC(=O)OC(C)C. The fourth-order valence-electron chi connectivity index (χ4n) is 1.81. The normalized spacial score (nSPS) is 11.8. The van der Waals surface area contributed by atoms with Gasteiger partial charge in [0.1, 0.15) is 0 Å². The molecule has 0 aromatic carbocycles. The van der Waals surface area contributed by atoms with Gasteiger partial charge in [0.05, 0.1) is 12.2 Å². The third kappa shape index (κ3) is 15.5. The van der Waals surface area contributed by atoms with Gasteiger partial charge in [0.2, 0.25) is 13.6 Å². The van der Waals surface area contributed by atoms with Crippen molar-refractivity contribution in [2.75, 3.05) is 46.5 Å².